The molecule has 2 unspecified atom stereocenters. The van der Waals surface area contributed by atoms with Gasteiger partial charge in [0.1, 0.15) is 0 Å². The fraction of sp³-hybridized carbons (Fsp3) is 0.938. The smallest absolute Gasteiger partial charge is 0.237 e. The SMILES string of the molecule is CCC(CC)NC(=O)C(C)N(C)CCC1CCCCN1. The van der Waals surface area contributed by atoms with Crippen LogP contribution in [0.25, 0.3) is 0 Å². The molecule has 2 atom stereocenters. The van der Waals surface area contributed by atoms with Gasteiger partial charge in [-0.3, -0.25) is 9.69 Å². The van der Waals surface area contributed by atoms with Crippen molar-refractivity contribution in [2.24, 2.45) is 0 Å². The molecule has 0 aromatic heterocycles. The molecule has 4 heteroatoms. The molecule has 0 spiro atoms. The first-order chi connectivity index (χ1) is 9.58. The van der Waals surface area contributed by atoms with E-state index in [1.165, 1.54) is 19.3 Å². The second-order valence-corrected chi connectivity index (χ2v) is 6.11. The van der Waals surface area contributed by atoms with Crippen molar-refractivity contribution >= 4 is 5.91 Å². The van der Waals surface area contributed by atoms with E-state index in [0.717, 1.165) is 32.4 Å². The normalized spacial score (nSPS) is 21.2. The minimum Gasteiger partial charge on any atom is -0.352 e. The summed E-state index contributed by atoms with van der Waals surface area (Å²) in [5.41, 5.74) is 0. The van der Waals surface area contributed by atoms with Gasteiger partial charge in [-0.05, 0) is 52.6 Å². The van der Waals surface area contributed by atoms with Crippen LogP contribution < -0.4 is 10.6 Å². The van der Waals surface area contributed by atoms with Gasteiger partial charge >= 0.3 is 0 Å². The summed E-state index contributed by atoms with van der Waals surface area (Å²) in [6.45, 7) is 8.38. The number of hydrogen-bond donors (Lipinski definition) is 2. The number of carbonyl (C=O) groups is 1. The van der Waals surface area contributed by atoms with Crippen molar-refractivity contribution in [1.82, 2.24) is 15.5 Å². The Kier molecular flexibility index (Phi) is 8.15. The maximum Gasteiger partial charge on any atom is 0.237 e. The van der Waals surface area contributed by atoms with E-state index < -0.39 is 0 Å². The molecule has 0 aromatic rings. The lowest BCUT2D eigenvalue weighted by atomic mass is 10.0. The summed E-state index contributed by atoms with van der Waals surface area (Å²) < 4.78 is 0. The molecule has 0 radical (unpaired) electrons. The molecule has 1 heterocycles. The Bertz CT molecular complexity index is 273. The molecule has 0 aliphatic carbocycles. The monoisotopic (exact) mass is 283 g/mol. The summed E-state index contributed by atoms with van der Waals surface area (Å²) in [5.74, 6) is 0.165. The molecular weight excluding hydrogens is 250 g/mol. The van der Waals surface area contributed by atoms with E-state index in [2.05, 4.69) is 36.4 Å². The van der Waals surface area contributed by atoms with Gasteiger partial charge in [-0.1, -0.05) is 20.3 Å². The van der Waals surface area contributed by atoms with Crippen LogP contribution in [0.1, 0.15) is 59.3 Å². The Hall–Kier alpha value is -0.610. The first kappa shape index (κ1) is 17.4. The summed E-state index contributed by atoms with van der Waals surface area (Å²) in [5, 5.41) is 6.70. The van der Waals surface area contributed by atoms with Crippen LogP contribution in [0.5, 0.6) is 0 Å². The van der Waals surface area contributed by atoms with Gasteiger partial charge in [0, 0.05) is 18.6 Å². The lowest BCUT2D eigenvalue weighted by Crippen LogP contribution is -2.47. The van der Waals surface area contributed by atoms with Crippen molar-refractivity contribution in [3.63, 3.8) is 0 Å². The maximum absolute atomic E-state index is 12.2. The van der Waals surface area contributed by atoms with Crippen LogP contribution in [0.3, 0.4) is 0 Å². The Morgan fingerprint density at radius 1 is 1.35 bits per heavy atom. The third-order valence-corrected chi connectivity index (χ3v) is 4.62. The van der Waals surface area contributed by atoms with Gasteiger partial charge in [-0.15, -0.1) is 0 Å². The standard InChI is InChI=1S/C16H33N3O/c1-5-14(6-2)18-16(20)13(3)19(4)12-10-15-9-7-8-11-17-15/h13-15,17H,5-12H2,1-4H3,(H,18,20). The Morgan fingerprint density at radius 2 is 2.05 bits per heavy atom. The molecule has 1 saturated heterocycles. The predicted octanol–water partition coefficient (Wildman–Crippen LogP) is 2.14. The van der Waals surface area contributed by atoms with Crippen molar-refractivity contribution in [2.45, 2.75) is 77.4 Å². The van der Waals surface area contributed by atoms with Gasteiger partial charge in [-0.25, -0.2) is 0 Å². The van der Waals surface area contributed by atoms with Crippen LogP contribution in [-0.4, -0.2) is 49.1 Å². The minimum atomic E-state index is -0.0424. The summed E-state index contributed by atoms with van der Waals surface area (Å²) in [4.78, 5) is 14.4. The fourth-order valence-electron chi connectivity index (χ4n) is 2.74. The molecule has 1 fully saturated rings. The van der Waals surface area contributed by atoms with E-state index in [-0.39, 0.29) is 11.9 Å². The van der Waals surface area contributed by atoms with Gasteiger partial charge in [0.2, 0.25) is 5.91 Å². The number of amides is 1. The second kappa shape index (κ2) is 9.35. The summed E-state index contributed by atoms with van der Waals surface area (Å²) in [7, 11) is 2.06. The topological polar surface area (TPSA) is 44.4 Å². The van der Waals surface area contributed by atoms with Crippen molar-refractivity contribution in [3.05, 3.63) is 0 Å². The van der Waals surface area contributed by atoms with Gasteiger partial charge in [-0.2, -0.15) is 0 Å². The fourth-order valence-corrected chi connectivity index (χ4v) is 2.74. The number of nitrogens with one attached hydrogen (secondary N) is 2. The molecule has 2 N–H and O–H groups in total. The van der Waals surface area contributed by atoms with Gasteiger partial charge in [0.05, 0.1) is 6.04 Å². The van der Waals surface area contributed by atoms with Crippen molar-refractivity contribution in [1.29, 1.82) is 0 Å². The maximum atomic E-state index is 12.2. The minimum absolute atomic E-state index is 0.0424. The Balaban J connectivity index is 2.29. The highest BCUT2D eigenvalue weighted by molar-refractivity contribution is 5.81. The van der Waals surface area contributed by atoms with E-state index in [1.807, 2.05) is 6.92 Å². The van der Waals surface area contributed by atoms with Crippen LogP contribution >= 0.6 is 0 Å². The Labute approximate surface area is 124 Å². The Morgan fingerprint density at radius 3 is 2.60 bits per heavy atom. The average Bonchev–Trinajstić information content (AvgIpc) is 2.50. The van der Waals surface area contributed by atoms with Gasteiger partial charge in [0.15, 0.2) is 0 Å². The third-order valence-electron chi connectivity index (χ3n) is 4.62. The molecule has 0 bridgehead atoms. The van der Waals surface area contributed by atoms with Crippen LogP contribution in [0.2, 0.25) is 0 Å². The largest absolute Gasteiger partial charge is 0.352 e. The van der Waals surface area contributed by atoms with E-state index >= 15 is 0 Å². The molecule has 20 heavy (non-hydrogen) atoms. The quantitative estimate of drug-likeness (QED) is 0.717. The number of nitrogens with zero attached hydrogens (tertiary/aromatic N) is 1. The lowest BCUT2D eigenvalue weighted by Gasteiger charge is -2.29. The van der Waals surface area contributed by atoms with Gasteiger partial charge < -0.3 is 10.6 Å². The first-order valence-electron chi connectivity index (χ1n) is 8.32. The first-order valence-corrected chi connectivity index (χ1v) is 8.32. The highest BCUT2D eigenvalue weighted by Crippen LogP contribution is 2.11. The molecular formula is C16H33N3O. The van der Waals surface area contributed by atoms with Crippen molar-refractivity contribution in [2.75, 3.05) is 20.1 Å². The van der Waals surface area contributed by atoms with Crippen LogP contribution in [0.4, 0.5) is 0 Å². The van der Waals surface area contributed by atoms with Crippen LogP contribution in [0, 0.1) is 0 Å². The summed E-state index contributed by atoms with van der Waals surface area (Å²) in [6.07, 6.45) is 7.07. The zero-order chi connectivity index (χ0) is 15.0. The number of likely N-dealkylation sites (N-methyl/N-ethyl adjacent to an activating group) is 1. The van der Waals surface area contributed by atoms with Crippen molar-refractivity contribution in [3.8, 4) is 0 Å². The van der Waals surface area contributed by atoms with Gasteiger partial charge in [0.25, 0.3) is 0 Å². The molecule has 1 amide bonds. The molecule has 1 rings (SSSR count). The second-order valence-electron chi connectivity index (χ2n) is 6.11. The summed E-state index contributed by atoms with van der Waals surface area (Å²) >= 11 is 0. The molecule has 1 aliphatic rings. The summed E-state index contributed by atoms with van der Waals surface area (Å²) in [6, 6.07) is 0.915. The number of carbonyl (C=O) groups excluding carboxylic acids is 1. The zero-order valence-corrected chi connectivity index (χ0v) is 13.7. The molecule has 1 aliphatic heterocycles. The molecule has 0 aromatic carbocycles. The number of hydrogen-bond acceptors (Lipinski definition) is 3. The number of rotatable bonds is 8. The van der Waals surface area contributed by atoms with Crippen molar-refractivity contribution < 1.29 is 4.79 Å². The van der Waals surface area contributed by atoms with E-state index in [4.69, 9.17) is 0 Å². The molecule has 0 saturated carbocycles. The molecule has 4 nitrogen and oxygen atoms in total. The third kappa shape index (κ3) is 5.80. The average molecular weight is 283 g/mol. The predicted molar refractivity (Wildman–Crippen MR) is 84.9 cm³/mol. The van der Waals surface area contributed by atoms with E-state index in [9.17, 15) is 4.79 Å². The molecule has 118 valence electrons. The van der Waals surface area contributed by atoms with E-state index in [0.29, 0.717) is 12.1 Å². The van der Waals surface area contributed by atoms with Crippen LogP contribution in [-0.2, 0) is 4.79 Å². The highest BCUT2D eigenvalue weighted by atomic mass is 16.2. The van der Waals surface area contributed by atoms with Crippen LogP contribution in [0.15, 0.2) is 0 Å². The van der Waals surface area contributed by atoms with E-state index in [1.54, 1.807) is 0 Å². The highest BCUT2D eigenvalue weighted by Gasteiger charge is 2.21. The number of piperidine rings is 1. The zero-order valence-electron chi connectivity index (χ0n) is 13.7. The lowest BCUT2D eigenvalue weighted by molar-refractivity contribution is -0.126.